The molecule has 0 aliphatic carbocycles. The molecule has 0 saturated carbocycles. The van der Waals surface area contributed by atoms with Gasteiger partial charge in [0.25, 0.3) is 5.92 Å². The van der Waals surface area contributed by atoms with E-state index in [1.54, 1.807) is 36.3 Å². The summed E-state index contributed by atoms with van der Waals surface area (Å²) >= 11 is 0. The van der Waals surface area contributed by atoms with Crippen LogP contribution in [0.25, 0.3) is 10.9 Å². The highest BCUT2D eigenvalue weighted by Gasteiger charge is 2.22. The van der Waals surface area contributed by atoms with Crippen molar-refractivity contribution in [1.82, 2.24) is 25.1 Å². The lowest BCUT2D eigenvalue weighted by molar-refractivity contribution is -0.120. The van der Waals surface area contributed by atoms with E-state index in [0.29, 0.717) is 29.9 Å². The molecule has 10 heteroatoms. The van der Waals surface area contributed by atoms with E-state index in [1.807, 2.05) is 12.1 Å². The Hall–Kier alpha value is -3.61. The third-order valence-corrected chi connectivity index (χ3v) is 4.34. The van der Waals surface area contributed by atoms with Crippen molar-refractivity contribution >= 4 is 16.8 Å². The lowest BCUT2D eigenvalue weighted by atomic mass is 10.2. The topological polar surface area (TPSA) is 106 Å². The van der Waals surface area contributed by atoms with Gasteiger partial charge in [0.1, 0.15) is 0 Å². The maximum atomic E-state index is 13.0. The van der Waals surface area contributed by atoms with E-state index in [9.17, 15) is 13.6 Å². The summed E-state index contributed by atoms with van der Waals surface area (Å²) in [5, 5.41) is 16.5. The van der Waals surface area contributed by atoms with Crippen LogP contribution in [0.2, 0.25) is 0 Å². The van der Waals surface area contributed by atoms with Gasteiger partial charge in [-0.2, -0.15) is 10.4 Å². The second kappa shape index (κ2) is 9.47. The zero-order chi connectivity index (χ0) is 22.4. The SMILES string of the molecule is Cc1cc(Cn2cc3c(CC(=O)NCCC#N)nccc3n2)cnc1OCC(C)(F)F. The van der Waals surface area contributed by atoms with Crippen molar-refractivity contribution in [1.29, 1.82) is 5.26 Å². The first-order chi connectivity index (χ1) is 14.7. The van der Waals surface area contributed by atoms with Gasteiger partial charge in [0.2, 0.25) is 11.8 Å². The number of fused-ring (bicyclic) bond motifs is 1. The molecule has 3 aromatic heterocycles. The predicted molar refractivity (Wildman–Crippen MR) is 109 cm³/mol. The number of nitrogens with zero attached hydrogens (tertiary/aromatic N) is 5. The lowest BCUT2D eigenvalue weighted by Crippen LogP contribution is -2.26. The van der Waals surface area contributed by atoms with E-state index >= 15 is 0 Å². The fourth-order valence-electron chi connectivity index (χ4n) is 2.98. The van der Waals surface area contributed by atoms with Gasteiger partial charge in [-0.3, -0.25) is 14.5 Å². The molecule has 0 radical (unpaired) electrons. The number of carbonyl (C=O) groups excluding carboxylic acids is 1. The molecule has 0 fully saturated rings. The summed E-state index contributed by atoms with van der Waals surface area (Å²) in [7, 11) is 0. The molecule has 3 rings (SSSR count). The number of ether oxygens (including phenoxy) is 1. The van der Waals surface area contributed by atoms with Crippen LogP contribution in [0.4, 0.5) is 8.78 Å². The maximum Gasteiger partial charge on any atom is 0.278 e. The van der Waals surface area contributed by atoms with Crippen molar-refractivity contribution in [3.63, 3.8) is 0 Å². The van der Waals surface area contributed by atoms with Gasteiger partial charge in [-0.05, 0) is 24.6 Å². The molecule has 0 bridgehead atoms. The van der Waals surface area contributed by atoms with Crippen LogP contribution in [0.15, 0.2) is 30.7 Å². The van der Waals surface area contributed by atoms with Crippen LogP contribution in [0.5, 0.6) is 5.88 Å². The van der Waals surface area contributed by atoms with Crippen LogP contribution in [0.3, 0.4) is 0 Å². The highest BCUT2D eigenvalue weighted by Crippen LogP contribution is 2.21. The normalized spacial score (nSPS) is 11.3. The van der Waals surface area contributed by atoms with Crippen molar-refractivity contribution < 1.29 is 18.3 Å². The Kier molecular flexibility index (Phi) is 6.74. The zero-order valence-corrected chi connectivity index (χ0v) is 17.2. The number of halogens is 2. The highest BCUT2D eigenvalue weighted by molar-refractivity contribution is 5.86. The molecule has 1 N–H and O–H groups in total. The van der Waals surface area contributed by atoms with Crippen molar-refractivity contribution in [2.24, 2.45) is 0 Å². The monoisotopic (exact) mass is 428 g/mol. The number of nitrogens with one attached hydrogen (secondary N) is 1. The molecule has 31 heavy (non-hydrogen) atoms. The molecule has 0 aliphatic heterocycles. The van der Waals surface area contributed by atoms with Gasteiger partial charge < -0.3 is 10.1 Å². The number of aromatic nitrogens is 4. The van der Waals surface area contributed by atoms with Crippen LogP contribution in [0, 0.1) is 18.3 Å². The molecule has 0 aliphatic rings. The van der Waals surface area contributed by atoms with Crippen LogP contribution >= 0.6 is 0 Å². The zero-order valence-electron chi connectivity index (χ0n) is 17.2. The molecule has 0 aromatic carbocycles. The minimum Gasteiger partial charge on any atom is -0.471 e. The maximum absolute atomic E-state index is 13.0. The molecule has 0 saturated heterocycles. The van der Waals surface area contributed by atoms with Crippen LogP contribution in [-0.2, 0) is 17.8 Å². The molecule has 3 heterocycles. The molecule has 0 unspecified atom stereocenters. The number of amides is 1. The minimum absolute atomic E-state index is 0.0865. The third kappa shape index (κ3) is 6.18. The average molecular weight is 428 g/mol. The van der Waals surface area contributed by atoms with E-state index in [0.717, 1.165) is 17.9 Å². The largest absolute Gasteiger partial charge is 0.471 e. The van der Waals surface area contributed by atoms with E-state index in [1.165, 1.54) is 0 Å². The Labute approximate surface area is 177 Å². The van der Waals surface area contributed by atoms with E-state index in [-0.39, 0.29) is 24.6 Å². The number of aryl methyl sites for hydroxylation is 1. The first-order valence-corrected chi connectivity index (χ1v) is 9.66. The molecular weight excluding hydrogens is 406 g/mol. The molecule has 3 aromatic rings. The highest BCUT2D eigenvalue weighted by atomic mass is 19.3. The second-order valence-electron chi connectivity index (χ2n) is 7.28. The summed E-state index contributed by atoms with van der Waals surface area (Å²) in [6, 6.07) is 5.54. The van der Waals surface area contributed by atoms with Gasteiger partial charge in [-0.25, -0.2) is 13.8 Å². The number of rotatable bonds is 9. The summed E-state index contributed by atoms with van der Waals surface area (Å²) in [6.45, 7) is 2.50. The van der Waals surface area contributed by atoms with Crippen molar-refractivity contribution in [3.8, 4) is 11.9 Å². The summed E-state index contributed by atoms with van der Waals surface area (Å²) in [5.41, 5.74) is 2.76. The standard InChI is InChI=1S/C21H22F2N6O2/c1-14-8-15(10-27-20(14)31-13-21(2,22)23)11-29-12-16-17(28-29)4-7-25-18(16)9-19(30)26-6-3-5-24/h4,7-8,10,12H,3,6,9,11,13H2,1-2H3,(H,26,30). The van der Waals surface area contributed by atoms with Gasteiger partial charge in [-0.15, -0.1) is 0 Å². The van der Waals surface area contributed by atoms with Crippen molar-refractivity contribution in [2.45, 2.75) is 39.2 Å². The third-order valence-electron chi connectivity index (χ3n) is 4.34. The Balaban J connectivity index is 1.72. The summed E-state index contributed by atoms with van der Waals surface area (Å²) in [4.78, 5) is 20.5. The Morgan fingerprint density at radius 3 is 2.90 bits per heavy atom. The molecular formula is C21H22F2N6O2. The number of alkyl halides is 2. The van der Waals surface area contributed by atoms with Crippen LogP contribution in [0.1, 0.15) is 30.2 Å². The summed E-state index contributed by atoms with van der Waals surface area (Å²) in [5.74, 6) is -2.97. The van der Waals surface area contributed by atoms with Gasteiger partial charge in [0.05, 0.1) is 36.7 Å². The fraction of sp³-hybridized carbons (Fsp3) is 0.381. The smallest absolute Gasteiger partial charge is 0.278 e. The molecule has 8 nitrogen and oxygen atoms in total. The lowest BCUT2D eigenvalue weighted by Gasteiger charge is -2.13. The number of hydrogen-bond donors (Lipinski definition) is 1. The van der Waals surface area contributed by atoms with Gasteiger partial charge in [0.15, 0.2) is 6.61 Å². The van der Waals surface area contributed by atoms with Crippen molar-refractivity contribution in [2.75, 3.05) is 13.2 Å². The molecule has 0 atom stereocenters. The van der Waals surface area contributed by atoms with Crippen LogP contribution < -0.4 is 10.1 Å². The van der Waals surface area contributed by atoms with E-state index in [4.69, 9.17) is 10.00 Å². The van der Waals surface area contributed by atoms with E-state index < -0.39 is 12.5 Å². The first kappa shape index (κ1) is 22.1. The number of carbonyl (C=O) groups is 1. The predicted octanol–water partition coefficient (Wildman–Crippen LogP) is 2.79. The molecule has 162 valence electrons. The van der Waals surface area contributed by atoms with E-state index in [2.05, 4.69) is 20.4 Å². The van der Waals surface area contributed by atoms with Gasteiger partial charge in [0, 0.05) is 43.0 Å². The Morgan fingerprint density at radius 1 is 1.39 bits per heavy atom. The fourth-order valence-corrected chi connectivity index (χ4v) is 2.98. The number of pyridine rings is 2. The van der Waals surface area contributed by atoms with Crippen LogP contribution in [-0.4, -0.2) is 44.7 Å². The first-order valence-electron chi connectivity index (χ1n) is 9.66. The second-order valence-corrected chi connectivity index (χ2v) is 7.28. The van der Waals surface area contributed by atoms with Gasteiger partial charge in [-0.1, -0.05) is 0 Å². The number of hydrogen-bond acceptors (Lipinski definition) is 6. The Morgan fingerprint density at radius 2 is 2.19 bits per heavy atom. The average Bonchev–Trinajstić information content (AvgIpc) is 3.10. The number of nitriles is 1. The van der Waals surface area contributed by atoms with Crippen molar-refractivity contribution in [3.05, 3.63) is 47.5 Å². The molecule has 1 amide bonds. The minimum atomic E-state index is -2.93. The summed E-state index contributed by atoms with van der Waals surface area (Å²) < 4.78 is 32.8. The van der Waals surface area contributed by atoms with Gasteiger partial charge >= 0.3 is 0 Å². The molecule has 0 spiro atoms. The Bertz CT molecular complexity index is 1120. The summed E-state index contributed by atoms with van der Waals surface area (Å²) in [6.07, 6.45) is 5.30. The quantitative estimate of drug-likeness (QED) is 0.526.